The third-order valence-corrected chi connectivity index (χ3v) is 5.15. The molecular formula is C16H20N2O6S. The average molecular weight is 368 g/mol. The lowest BCUT2D eigenvalue weighted by Gasteiger charge is -2.25. The molecule has 1 aliphatic heterocycles. The number of nitrogens with zero attached hydrogens (tertiary/aromatic N) is 1. The maximum absolute atomic E-state index is 12.4. The van der Waals surface area contributed by atoms with Crippen LogP contribution in [-0.2, 0) is 31.9 Å². The zero-order valence-corrected chi connectivity index (χ0v) is 14.7. The SMILES string of the molecule is CC(C)[C@@H](C(=O)O)N1C(=O)[C@@H](NC(=O)OCc2ccccc2)CS1=O. The van der Waals surface area contributed by atoms with Gasteiger partial charge in [-0.05, 0) is 11.5 Å². The highest BCUT2D eigenvalue weighted by atomic mass is 32.2. The van der Waals surface area contributed by atoms with E-state index in [0.717, 1.165) is 9.87 Å². The fraction of sp³-hybridized carbons (Fsp3) is 0.438. The summed E-state index contributed by atoms with van der Waals surface area (Å²) in [4.78, 5) is 35.6. The molecule has 9 heteroatoms. The third-order valence-electron chi connectivity index (χ3n) is 3.69. The minimum Gasteiger partial charge on any atom is -0.480 e. The van der Waals surface area contributed by atoms with Crippen LogP contribution in [0.4, 0.5) is 4.79 Å². The molecule has 1 aliphatic rings. The molecule has 1 unspecified atom stereocenters. The normalized spacial score (nSPS) is 21.2. The van der Waals surface area contributed by atoms with E-state index >= 15 is 0 Å². The molecule has 0 spiro atoms. The Balaban J connectivity index is 1.97. The van der Waals surface area contributed by atoms with Gasteiger partial charge in [0.05, 0.1) is 5.75 Å². The van der Waals surface area contributed by atoms with Crippen molar-refractivity contribution >= 4 is 29.0 Å². The summed E-state index contributed by atoms with van der Waals surface area (Å²) in [6.07, 6.45) is -0.822. The van der Waals surface area contributed by atoms with Crippen LogP contribution in [-0.4, -0.2) is 49.4 Å². The van der Waals surface area contributed by atoms with Crippen molar-refractivity contribution in [3.63, 3.8) is 0 Å². The van der Waals surface area contributed by atoms with Gasteiger partial charge in [-0.25, -0.2) is 18.1 Å². The van der Waals surface area contributed by atoms with E-state index in [1.165, 1.54) is 0 Å². The largest absolute Gasteiger partial charge is 0.480 e. The lowest BCUT2D eigenvalue weighted by atomic mass is 10.0. The van der Waals surface area contributed by atoms with Gasteiger partial charge in [-0.15, -0.1) is 0 Å². The predicted octanol–water partition coefficient (Wildman–Crippen LogP) is 0.896. The standard InChI is InChI=1S/C16H20N2O6S/c1-10(2)13(15(20)21)18-14(19)12(9-25(18)23)17-16(22)24-8-11-6-4-3-5-7-11/h3-7,10,12-13H,8-9H2,1-2H3,(H,17,22)(H,20,21)/t12-,13-,25?/m0/s1. The number of alkyl carbamates (subject to hydrolysis) is 1. The number of carbonyl (C=O) groups is 3. The molecule has 2 rings (SSSR count). The highest BCUT2D eigenvalue weighted by molar-refractivity contribution is 7.83. The first kappa shape index (κ1) is 18.9. The summed E-state index contributed by atoms with van der Waals surface area (Å²) in [6.45, 7) is 3.28. The molecule has 1 heterocycles. The summed E-state index contributed by atoms with van der Waals surface area (Å²) in [5.74, 6) is -2.51. The second-order valence-corrected chi connectivity index (χ2v) is 7.31. The second kappa shape index (κ2) is 8.11. The van der Waals surface area contributed by atoms with Gasteiger partial charge >= 0.3 is 12.1 Å². The van der Waals surface area contributed by atoms with Crippen LogP contribution in [0.25, 0.3) is 0 Å². The Labute approximate surface area is 147 Å². The van der Waals surface area contributed by atoms with E-state index in [-0.39, 0.29) is 12.4 Å². The number of amides is 2. The average Bonchev–Trinajstić information content (AvgIpc) is 2.81. The van der Waals surface area contributed by atoms with Crippen LogP contribution < -0.4 is 5.32 Å². The maximum Gasteiger partial charge on any atom is 0.408 e. The van der Waals surface area contributed by atoms with E-state index in [4.69, 9.17) is 4.74 Å². The minimum atomic E-state index is -1.82. The first-order valence-corrected chi connectivity index (χ1v) is 9.00. The number of ether oxygens (including phenoxy) is 1. The zero-order valence-electron chi connectivity index (χ0n) is 13.9. The van der Waals surface area contributed by atoms with Gasteiger partial charge in [0.2, 0.25) is 0 Å². The summed E-state index contributed by atoms with van der Waals surface area (Å²) in [7, 11) is -1.82. The number of aliphatic carboxylic acids is 1. The van der Waals surface area contributed by atoms with Crippen molar-refractivity contribution in [3.05, 3.63) is 35.9 Å². The number of hydrogen-bond acceptors (Lipinski definition) is 5. The van der Waals surface area contributed by atoms with Crippen LogP contribution in [0, 0.1) is 5.92 Å². The number of carboxylic acid groups (broad SMARTS) is 1. The monoisotopic (exact) mass is 368 g/mol. The Bertz CT molecular complexity index is 678. The maximum atomic E-state index is 12.4. The van der Waals surface area contributed by atoms with Crippen molar-refractivity contribution in [1.82, 2.24) is 9.62 Å². The highest BCUT2D eigenvalue weighted by Crippen LogP contribution is 2.21. The van der Waals surface area contributed by atoms with E-state index in [2.05, 4.69) is 5.32 Å². The third kappa shape index (κ3) is 4.56. The Hall–Kier alpha value is -2.42. The fourth-order valence-corrected chi connectivity index (χ4v) is 4.07. The molecule has 8 nitrogen and oxygen atoms in total. The molecule has 1 fully saturated rings. The molecule has 3 atom stereocenters. The van der Waals surface area contributed by atoms with Crippen molar-refractivity contribution in [1.29, 1.82) is 0 Å². The number of carbonyl (C=O) groups excluding carboxylic acids is 2. The van der Waals surface area contributed by atoms with Gasteiger partial charge < -0.3 is 15.2 Å². The van der Waals surface area contributed by atoms with Gasteiger partial charge in [-0.2, -0.15) is 0 Å². The quantitative estimate of drug-likeness (QED) is 0.771. The van der Waals surface area contributed by atoms with Crippen molar-refractivity contribution in [2.45, 2.75) is 32.5 Å². The number of nitrogens with one attached hydrogen (secondary N) is 1. The summed E-state index contributed by atoms with van der Waals surface area (Å²) >= 11 is 0. The predicted molar refractivity (Wildman–Crippen MR) is 89.7 cm³/mol. The highest BCUT2D eigenvalue weighted by Gasteiger charge is 2.46. The van der Waals surface area contributed by atoms with E-state index < -0.39 is 47.0 Å². The van der Waals surface area contributed by atoms with Crippen molar-refractivity contribution in [2.75, 3.05) is 5.75 Å². The van der Waals surface area contributed by atoms with Gasteiger partial charge in [0.15, 0.2) is 0 Å². The lowest BCUT2D eigenvalue weighted by Crippen LogP contribution is -2.49. The van der Waals surface area contributed by atoms with Crippen molar-refractivity contribution in [2.24, 2.45) is 5.92 Å². The van der Waals surface area contributed by atoms with Gasteiger partial charge in [-0.3, -0.25) is 4.79 Å². The number of hydrogen-bond donors (Lipinski definition) is 2. The summed E-state index contributed by atoms with van der Waals surface area (Å²) < 4.78 is 18.0. The van der Waals surface area contributed by atoms with Crippen LogP contribution in [0.5, 0.6) is 0 Å². The number of rotatable bonds is 6. The van der Waals surface area contributed by atoms with Crippen LogP contribution in [0.3, 0.4) is 0 Å². The van der Waals surface area contributed by atoms with E-state index in [0.29, 0.717) is 0 Å². The molecule has 1 aromatic carbocycles. The Morgan fingerprint density at radius 3 is 2.56 bits per heavy atom. The first-order valence-electron chi connectivity index (χ1n) is 7.73. The Kier molecular flexibility index (Phi) is 6.13. The molecule has 1 aromatic rings. The Morgan fingerprint density at radius 2 is 2.00 bits per heavy atom. The van der Waals surface area contributed by atoms with Crippen molar-refractivity contribution < 1.29 is 28.4 Å². The molecule has 0 radical (unpaired) electrons. The molecule has 2 amide bonds. The summed E-state index contributed by atoms with van der Waals surface area (Å²) in [5, 5.41) is 11.6. The molecule has 0 aliphatic carbocycles. The van der Waals surface area contributed by atoms with Gasteiger partial charge in [0, 0.05) is 0 Å². The molecule has 1 saturated heterocycles. The van der Waals surface area contributed by atoms with Crippen LogP contribution in [0.1, 0.15) is 19.4 Å². The van der Waals surface area contributed by atoms with Crippen molar-refractivity contribution in [3.8, 4) is 0 Å². The molecular weight excluding hydrogens is 348 g/mol. The van der Waals surface area contributed by atoms with Gasteiger partial charge in [-0.1, -0.05) is 44.2 Å². The molecule has 0 bridgehead atoms. The summed E-state index contributed by atoms with van der Waals surface area (Å²) in [5.41, 5.74) is 0.784. The van der Waals surface area contributed by atoms with E-state index in [9.17, 15) is 23.7 Å². The van der Waals surface area contributed by atoms with Crippen LogP contribution in [0.15, 0.2) is 30.3 Å². The lowest BCUT2D eigenvalue weighted by molar-refractivity contribution is -0.147. The van der Waals surface area contributed by atoms with E-state index in [1.54, 1.807) is 38.1 Å². The summed E-state index contributed by atoms with van der Waals surface area (Å²) in [6, 6.07) is 6.73. The minimum absolute atomic E-state index is 0.0319. The molecule has 0 saturated carbocycles. The molecule has 2 N–H and O–H groups in total. The topological polar surface area (TPSA) is 113 Å². The smallest absolute Gasteiger partial charge is 0.408 e. The van der Waals surface area contributed by atoms with Crippen LogP contribution >= 0.6 is 0 Å². The second-order valence-electron chi connectivity index (χ2n) is 5.94. The zero-order chi connectivity index (χ0) is 18.6. The van der Waals surface area contributed by atoms with Crippen LogP contribution in [0.2, 0.25) is 0 Å². The molecule has 136 valence electrons. The van der Waals surface area contributed by atoms with E-state index in [1.807, 2.05) is 6.07 Å². The first-order chi connectivity index (χ1) is 11.8. The molecule has 25 heavy (non-hydrogen) atoms. The molecule has 0 aromatic heterocycles. The number of benzene rings is 1. The Morgan fingerprint density at radius 1 is 1.36 bits per heavy atom. The number of carboxylic acids is 1. The van der Waals surface area contributed by atoms with Gasteiger partial charge in [0.1, 0.15) is 29.7 Å². The van der Waals surface area contributed by atoms with Gasteiger partial charge in [0.25, 0.3) is 5.91 Å². The fourth-order valence-electron chi connectivity index (χ4n) is 2.48.